The number of imide groups is 1. The van der Waals surface area contributed by atoms with Gasteiger partial charge in [-0.15, -0.1) is 0 Å². The number of allylic oxidation sites excluding steroid dienone is 2. The Morgan fingerprint density at radius 2 is 1.60 bits per heavy atom. The van der Waals surface area contributed by atoms with Crippen LogP contribution in [0.1, 0.15) is 6.42 Å². The highest BCUT2D eigenvalue weighted by molar-refractivity contribution is 6.06. The molecule has 0 radical (unpaired) electrons. The van der Waals surface area contributed by atoms with Crippen LogP contribution in [-0.4, -0.2) is 60.9 Å². The molecule has 108 valence electrons. The molecule has 0 spiro atoms. The van der Waals surface area contributed by atoms with E-state index < -0.39 is 0 Å². The van der Waals surface area contributed by atoms with Gasteiger partial charge in [0.05, 0.1) is 11.8 Å². The van der Waals surface area contributed by atoms with Crippen molar-refractivity contribution in [3.63, 3.8) is 0 Å². The van der Waals surface area contributed by atoms with Crippen LogP contribution in [0.2, 0.25) is 0 Å². The largest absolute Gasteiger partial charge is 0.314 e. The maximum atomic E-state index is 12.5. The van der Waals surface area contributed by atoms with Crippen molar-refractivity contribution in [2.75, 3.05) is 39.3 Å². The zero-order chi connectivity index (χ0) is 13.7. The van der Waals surface area contributed by atoms with Gasteiger partial charge in [0.25, 0.3) is 0 Å². The smallest absolute Gasteiger partial charge is 0.233 e. The molecule has 1 saturated carbocycles. The molecule has 5 nitrogen and oxygen atoms in total. The molecule has 4 unspecified atom stereocenters. The van der Waals surface area contributed by atoms with Crippen molar-refractivity contribution in [2.45, 2.75) is 6.42 Å². The van der Waals surface area contributed by atoms with Crippen molar-refractivity contribution >= 4 is 11.8 Å². The normalized spacial score (nSPS) is 39.9. The fourth-order valence-corrected chi connectivity index (χ4v) is 4.36. The zero-order valence-electron chi connectivity index (χ0n) is 11.6. The first-order valence-electron chi connectivity index (χ1n) is 7.72. The third-order valence-corrected chi connectivity index (χ3v) is 5.41. The van der Waals surface area contributed by atoms with Crippen LogP contribution in [0, 0.1) is 23.7 Å². The van der Waals surface area contributed by atoms with Gasteiger partial charge in [-0.3, -0.25) is 19.4 Å². The van der Waals surface area contributed by atoms with Gasteiger partial charge in [-0.05, 0) is 18.3 Å². The molecule has 0 aromatic heterocycles. The van der Waals surface area contributed by atoms with Gasteiger partial charge in [0, 0.05) is 39.3 Å². The summed E-state index contributed by atoms with van der Waals surface area (Å²) in [7, 11) is 0. The monoisotopic (exact) mass is 275 g/mol. The SMILES string of the molecule is O=C1C2C3C=CC(C3)C2C(=O)N1CCN1CCNCC1. The van der Waals surface area contributed by atoms with Crippen LogP contribution in [0.5, 0.6) is 0 Å². The van der Waals surface area contributed by atoms with Gasteiger partial charge in [-0.1, -0.05) is 12.2 Å². The first-order valence-corrected chi connectivity index (χ1v) is 7.72. The summed E-state index contributed by atoms with van der Waals surface area (Å²) in [5.74, 6) is 0.747. The number of carbonyl (C=O) groups is 2. The van der Waals surface area contributed by atoms with E-state index in [9.17, 15) is 9.59 Å². The summed E-state index contributed by atoms with van der Waals surface area (Å²) >= 11 is 0. The van der Waals surface area contributed by atoms with Gasteiger partial charge in [0.1, 0.15) is 0 Å². The fraction of sp³-hybridized carbons (Fsp3) is 0.733. The number of piperazine rings is 1. The van der Waals surface area contributed by atoms with E-state index in [0.717, 1.165) is 39.1 Å². The Hall–Kier alpha value is -1.20. The van der Waals surface area contributed by atoms with E-state index in [4.69, 9.17) is 0 Å². The highest BCUT2D eigenvalue weighted by Gasteiger charge is 2.58. The minimum absolute atomic E-state index is 0.0412. The first-order chi connectivity index (χ1) is 9.75. The molecule has 3 fully saturated rings. The second kappa shape index (κ2) is 4.67. The molecular weight excluding hydrogens is 254 g/mol. The molecule has 5 heteroatoms. The molecule has 2 aliphatic carbocycles. The molecule has 2 saturated heterocycles. The number of amides is 2. The number of nitrogens with zero attached hydrogens (tertiary/aromatic N) is 2. The van der Waals surface area contributed by atoms with Gasteiger partial charge in [0.15, 0.2) is 0 Å². The molecule has 1 N–H and O–H groups in total. The highest BCUT2D eigenvalue weighted by Crippen LogP contribution is 2.52. The van der Waals surface area contributed by atoms with Gasteiger partial charge < -0.3 is 5.32 Å². The Bertz CT molecular complexity index is 440. The molecule has 2 amide bonds. The lowest BCUT2D eigenvalue weighted by Crippen LogP contribution is -2.47. The van der Waals surface area contributed by atoms with Crippen LogP contribution in [0.15, 0.2) is 12.2 Å². The average molecular weight is 275 g/mol. The fourth-order valence-electron chi connectivity index (χ4n) is 4.36. The van der Waals surface area contributed by atoms with Crippen LogP contribution < -0.4 is 5.32 Å². The molecule has 4 rings (SSSR count). The number of likely N-dealkylation sites (tertiary alicyclic amines) is 1. The predicted octanol–water partition coefficient (Wildman–Crippen LogP) is -0.301. The van der Waals surface area contributed by atoms with E-state index in [-0.39, 0.29) is 23.7 Å². The number of hydrogen-bond acceptors (Lipinski definition) is 4. The second-order valence-corrected chi connectivity index (χ2v) is 6.42. The van der Waals surface area contributed by atoms with E-state index in [0.29, 0.717) is 18.4 Å². The summed E-state index contributed by atoms with van der Waals surface area (Å²) in [6.45, 7) is 5.42. The standard InChI is InChI=1S/C15H21N3O2/c19-14-12-10-1-2-11(9-10)13(12)15(20)18(14)8-7-17-5-3-16-4-6-17/h1-2,10-13,16H,3-9H2. The number of fused-ring (bicyclic) bond motifs is 5. The Kier molecular flexibility index (Phi) is 2.93. The van der Waals surface area contributed by atoms with Crippen LogP contribution in [0.25, 0.3) is 0 Å². The summed E-state index contributed by atoms with van der Waals surface area (Å²) in [5, 5.41) is 3.32. The van der Waals surface area contributed by atoms with E-state index in [1.54, 1.807) is 4.90 Å². The Morgan fingerprint density at radius 1 is 1.00 bits per heavy atom. The van der Waals surface area contributed by atoms with E-state index in [1.807, 2.05) is 0 Å². The lowest BCUT2D eigenvalue weighted by Gasteiger charge is -2.28. The first kappa shape index (κ1) is 12.5. The maximum Gasteiger partial charge on any atom is 0.233 e. The van der Waals surface area contributed by atoms with Crippen LogP contribution >= 0.6 is 0 Å². The summed E-state index contributed by atoms with van der Waals surface area (Å²) in [6, 6.07) is 0. The van der Waals surface area contributed by atoms with Gasteiger partial charge in [-0.25, -0.2) is 0 Å². The topological polar surface area (TPSA) is 52.7 Å². The molecule has 2 bridgehead atoms. The quantitative estimate of drug-likeness (QED) is 0.567. The average Bonchev–Trinajstić information content (AvgIpc) is 3.13. The molecule has 0 aromatic carbocycles. The van der Waals surface area contributed by atoms with Crippen molar-refractivity contribution < 1.29 is 9.59 Å². The number of nitrogens with one attached hydrogen (secondary N) is 1. The third-order valence-electron chi connectivity index (χ3n) is 5.41. The van der Waals surface area contributed by atoms with Crippen LogP contribution in [-0.2, 0) is 9.59 Å². The summed E-state index contributed by atoms with van der Waals surface area (Å²) in [5.41, 5.74) is 0. The molecule has 2 aliphatic heterocycles. The molecule has 2 heterocycles. The summed E-state index contributed by atoms with van der Waals surface area (Å²) in [4.78, 5) is 28.9. The van der Waals surface area contributed by atoms with E-state index in [1.165, 1.54) is 0 Å². The van der Waals surface area contributed by atoms with Crippen molar-refractivity contribution in [3.05, 3.63) is 12.2 Å². The summed E-state index contributed by atoms with van der Waals surface area (Å²) in [6.07, 6.45) is 5.31. The van der Waals surface area contributed by atoms with Crippen molar-refractivity contribution in [1.82, 2.24) is 15.1 Å². The highest BCUT2D eigenvalue weighted by atomic mass is 16.2. The predicted molar refractivity (Wildman–Crippen MR) is 73.7 cm³/mol. The molecular formula is C15H21N3O2. The maximum absolute atomic E-state index is 12.5. The lowest BCUT2D eigenvalue weighted by molar-refractivity contribution is -0.140. The van der Waals surface area contributed by atoms with Crippen molar-refractivity contribution in [2.24, 2.45) is 23.7 Å². The molecule has 20 heavy (non-hydrogen) atoms. The number of hydrogen-bond donors (Lipinski definition) is 1. The van der Waals surface area contributed by atoms with Gasteiger partial charge in [-0.2, -0.15) is 0 Å². The van der Waals surface area contributed by atoms with Crippen molar-refractivity contribution in [3.8, 4) is 0 Å². The molecule has 0 aromatic rings. The third kappa shape index (κ3) is 1.76. The van der Waals surface area contributed by atoms with Gasteiger partial charge in [0.2, 0.25) is 11.8 Å². The Balaban J connectivity index is 1.42. The molecule has 4 atom stereocenters. The second-order valence-electron chi connectivity index (χ2n) is 6.42. The Morgan fingerprint density at radius 3 is 2.20 bits per heavy atom. The van der Waals surface area contributed by atoms with Gasteiger partial charge >= 0.3 is 0 Å². The minimum atomic E-state index is -0.0412. The van der Waals surface area contributed by atoms with Crippen LogP contribution in [0.4, 0.5) is 0 Å². The number of rotatable bonds is 3. The molecule has 4 aliphatic rings. The zero-order valence-corrected chi connectivity index (χ0v) is 11.6. The van der Waals surface area contributed by atoms with Crippen molar-refractivity contribution in [1.29, 1.82) is 0 Å². The van der Waals surface area contributed by atoms with E-state index in [2.05, 4.69) is 22.4 Å². The minimum Gasteiger partial charge on any atom is -0.314 e. The lowest BCUT2D eigenvalue weighted by atomic mass is 9.85. The van der Waals surface area contributed by atoms with E-state index >= 15 is 0 Å². The number of carbonyl (C=O) groups excluding carboxylic acids is 2. The van der Waals surface area contributed by atoms with Crippen LogP contribution in [0.3, 0.4) is 0 Å². The summed E-state index contributed by atoms with van der Waals surface area (Å²) < 4.78 is 0. The Labute approximate surface area is 119 Å².